The van der Waals surface area contributed by atoms with E-state index in [0.717, 1.165) is 12.8 Å². The summed E-state index contributed by atoms with van der Waals surface area (Å²) in [6.07, 6.45) is 1.59. The van der Waals surface area contributed by atoms with Crippen LogP contribution in [0.4, 0.5) is 4.39 Å². The Labute approximate surface area is 118 Å². The molecule has 19 heavy (non-hydrogen) atoms. The first kappa shape index (κ1) is 14.6. The van der Waals surface area contributed by atoms with Crippen LogP contribution in [0.3, 0.4) is 0 Å². The van der Waals surface area contributed by atoms with E-state index in [4.69, 9.17) is 21.1 Å². The second-order valence-electron chi connectivity index (χ2n) is 4.67. The maximum absolute atomic E-state index is 13.8. The van der Waals surface area contributed by atoms with Crippen molar-refractivity contribution < 1.29 is 13.9 Å². The van der Waals surface area contributed by atoms with Crippen LogP contribution < -0.4 is 10.1 Å². The van der Waals surface area contributed by atoms with Crippen LogP contribution in [-0.2, 0) is 4.74 Å². The zero-order valence-electron chi connectivity index (χ0n) is 11.2. The molecule has 0 aliphatic heterocycles. The van der Waals surface area contributed by atoms with Crippen molar-refractivity contribution in [1.82, 2.24) is 5.32 Å². The van der Waals surface area contributed by atoms with Crippen LogP contribution in [0.25, 0.3) is 0 Å². The minimum Gasteiger partial charge on any atom is -0.484 e. The summed E-state index contributed by atoms with van der Waals surface area (Å²) in [5.74, 6) is -0.316. The third kappa shape index (κ3) is 3.19. The standard InChI is InChI=1S/C14H19ClFNO2/c1-3-7-18-14-10(17-2)8-12(14)19-11-6-4-5-9(15)13(11)16/h4-6,10,12,14,17H,3,7-8H2,1-2H3. The minimum atomic E-state index is -0.508. The lowest BCUT2D eigenvalue weighted by Crippen LogP contribution is -2.60. The molecule has 0 amide bonds. The Kier molecular flexibility index (Phi) is 5.02. The molecule has 0 spiro atoms. The van der Waals surface area contributed by atoms with Crippen molar-refractivity contribution in [2.24, 2.45) is 0 Å². The van der Waals surface area contributed by atoms with Crippen molar-refractivity contribution in [1.29, 1.82) is 0 Å². The Morgan fingerprint density at radius 1 is 1.47 bits per heavy atom. The van der Waals surface area contributed by atoms with Gasteiger partial charge in [0.1, 0.15) is 12.2 Å². The van der Waals surface area contributed by atoms with Gasteiger partial charge in [-0.3, -0.25) is 0 Å². The quantitative estimate of drug-likeness (QED) is 0.872. The molecule has 5 heteroatoms. The zero-order chi connectivity index (χ0) is 13.8. The van der Waals surface area contributed by atoms with Crippen LogP contribution in [0.5, 0.6) is 5.75 Å². The number of halogens is 2. The lowest BCUT2D eigenvalue weighted by atomic mass is 9.85. The number of nitrogens with one attached hydrogen (secondary N) is 1. The number of hydrogen-bond donors (Lipinski definition) is 1. The van der Waals surface area contributed by atoms with Crippen molar-refractivity contribution in [2.45, 2.75) is 38.0 Å². The van der Waals surface area contributed by atoms with Gasteiger partial charge in [0.2, 0.25) is 0 Å². The zero-order valence-corrected chi connectivity index (χ0v) is 11.9. The molecular formula is C14H19ClFNO2. The fourth-order valence-corrected chi connectivity index (χ4v) is 2.36. The Hall–Kier alpha value is -0.840. The number of likely N-dealkylation sites (N-methyl/N-ethyl adjacent to an activating group) is 1. The number of hydrogen-bond acceptors (Lipinski definition) is 3. The predicted molar refractivity (Wildman–Crippen MR) is 73.3 cm³/mol. The molecule has 3 nitrogen and oxygen atoms in total. The van der Waals surface area contributed by atoms with Crippen molar-refractivity contribution in [2.75, 3.05) is 13.7 Å². The smallest absolute Gasteiger partial charge is 0.183 e. The lowest BCUT2D eigenvalue weighted by molar-refractivity contribution is -0.107. The van der Waals surface area contributed by atoms with Gasteiger partial charge in [0.15, 0.2) is 11.6 Å². The molecule has 2 rings (SSSR count). The summed E-state index contributed by atoms with van der Waals surface area (Å²) in [6.45, 7) is 2.74. The van der Waals surface area contributed by atoms with Crippen molar-refractivity contribution in [3.8, 4) is 5.75 Å². The van der Waals surface area contributed by atoms with E-state index in [2.05, 4.69) is 12.2 Å². The van der Waals surface area contributed by atoms with Crippen LogP contribution in [0.2, 0.25) is 5.02 Å². The maximum Gasteiger partial charge on any atom is 0.183 e. The first-order valence-electron chi connectivity index (χ1n) is 6.57. The van der Waals surface area contributed by atoms with Crippen molar-refractivity contribution in [3.05, 3.63) is 29.0 Å². The van der Waals surface area contributed by atoms with Gasteiger partial charge in [0, 0.05) is 19.1 Å². The minimum absolute atomic E-state index is 0.0386. The van der Waals surface area contributed by atoms with Gasteiger partial charge in [-0.2, -0.15) is 0 Å². The average Bonchev–Trinajstić information content (AvgIpc) is 2.39. The summed E-state index contributed by atoms with van der Waals surface area (Å²) in [5.41, 5.74) is 0. The van der Waals surface area contributed by atoms with Crippen LogP contribution in [0.1, 0.15) is 19.8 Å². The van der Waals surface area contributed by atoms with E-state index in [9.17, 15) is 4.39 Å². The second kappa shape index (κ2) is 6.55. The molecule has 1 saturated carbocycles. The summed E-state index contributed by atoms with van der Waals surface area (Å²) < 4.78 is 25.2. The Morgan fingerprint density at radius 2 is 2.26 bits per heavy atom. The van der Waals surface area contributed by atoms with Crippen LogP contribution in [-0.4, -0.2) is 31.9 Å². The normalized spacial score (nSPS) is 26.0. The highest BCUT2D eigenvalue weighted by molar-refractivity contribution is 6.30. The van der Waals surface area contributed by atoms with Gasteiger partial charge in [-0.05, 0) is 25.6 Å². The van der Waals surface area contributed by atoms with Crippen LogP contribution in [0, 0.1) is 5.82 Å². The first-order chi connectivity index (χ1) is 9.17. The van der Waals surface area contributed by atoms with E-state index in [1.54, 1.807) is 12.1 Å². The number of ether oxygens (including phenoxy) is 2. The molecule has 0 saturated heterocycles. The molecule has 0 aromatic heterocycles. The number of rotatable bonds is 6. The predicted octanol–water partition coefficient (Wildman–Crippen LogP) is 3.01. The fraction of sp³-hybridized carbons (Fsp3) is 0.571. The van der Waals surface area contributed by atoms with Crippen molar-refractivity contribution >= 4 is 11.6 Å². The lowest BCUT2D eigenvalue weighted by Gasteiger charge is -2.43. The van der Waals surface area contributed by atoms with Gasteiger partial charge in [-0.1, -0.05) is 24.6 Å². The molecule has 1 aliphatic carbocycles. The van der Waals surface area contributed by atoms with E-state index in [0.29, 0.717) is 6.61 Å². The number of benzene rings is 1. The SMILES string of the molecule is CCCOC1C(NC)CC1Oc1cccc(Cl)c1F. The first-order valence-corrected chi connectivity index (χ1v) is 6.94. The van der Waals surface area contributed by atoms with Gasteiger partial charge >= 0.3 is 0 Å². The van der Waals surface area contributed by atoms with E-state index >= 15 is 0 Å². The Morgan fingerprint density at radius 3 is 2.95 bits per heavy atom. The molecule has 1 aromatic rings. The Balaban J connectivity index is 2.00. The second-order valence-corrected chi connectivity index (χ2v) is 5.08. The van der Waals surface area contributed by atoms with Crippen LogP contribution >= 0.6 is 11.6 Å². The molecule has 0 bridgehead atoms. The third-order valence-corrected chi connectivity index (χ3v) is 3.62. The van der Waals surface area contributed by atoms with Crippen molar-refractivity contribution in [3.63, 3.8) is 0 Å². The molecule has 3 atom stereocenters. The van der Waals surface area contributed by atoms with E-state index < -0.39 is 5.82 Å². The molecular weight excluding hydrogens is 269 g/mol. The topological polar surface area (TPSA) is 30.5 Å². The van der Waals surface area contributed by atoms with Gasteiger partial charge in [-0.25, -0.2) is 4.39 Å². The summed E-state index contributed by atoms with van der Waals surface area (Å²) in [5, 5.41) is 3.25. The molecule has 1 aromatic carbocycles. The average molecular weight is 288 g/mol. The Bertz CT molecular complexity index is 430. The molecule has 106 valence electrons. The monoisotopic (exact) mass is 287 g/mol. The molecule has 1 fully saturated rings. The van der Waals surface area contributed by atoms with Gasteiger partial charge in [0.05, 0.1) is 5.02 Å². The highest BCUT2D eigenvalue weighted by atomic mass is 35.5. The van der Waals surface area contributed by atoms with Gasteiger partial charge in [0.25, 0.3) is 0 Å². The summed E-state index contributed by atoms with van der Waals surface area (Å²) in [7, 11) is 1.89. The molecule has 3 unspecified atom stereocenters. The highest BCUT2D eigenvalue weighted by Crippen LogP contribution is 2.32. The molecule has 1 N–H and O–H groups in total. The molecule has 0 heterocycles. The summed E-state index contributed by atoms with van der Waals surface area (Å²) in [6, 6.07) is 5.03. The fourth-order valence-electron chi connectivity index (χ4n) is 2.19. The maximum atomic E-state index is 13.8. The highest BCUT2D eigenvalue weighted by Gasteiger charge is 2.43. The summed E-state index contributed by atoms with van der Waals surface area (Å²) in [4.78, 5) is 0. The van der Waals surface area contributed by atoms with E-state index in [-0.39, 0.29) is 29.0 Å². The van der Waals surface area contributed by atoms with E-state index in [1.165, 1.54) is 6.07 Å². The van der Waals surface area contributed by atoms with Gasteiger partial charge < -0.3 is 14.8 Å². The van der Waals surface area contributed by atoms with E-state index in [1.807, 2.05) is 7.05 Å². The third-order valence-electron chi connectivity index (χ3n) is 3.33. The summed E-state index contributed by atoms with van der Waals surface area (Å²) >= 11 is 5.74. The largest absolute Gasteiger partial charge is 0.484 e. The molecule has 1 aliphatic rings. The van der Waals surface area contributed by atoms with Crippen LogP contribution in [0.15, 0.2) is 18.2 Å². The van der Waals surface area contributed by atoms with Gasteiger partial charge in [-0.15, -0.1) is 0 Å². The molecule has 0 radical (unpaired) electrons.